The van der Waals surface area contributed by atoms with E-state index < -0.39 is 12.6 Å². The molecule has 0 aliphatic carbocycles. The molecule has 0 radical (unpaired) electrons. The Bertz CT molecular complexity index is 166. The number of piperidine rings is 1. The Morgan fingerprint density at radius 3 is 2.33 bits per heavy atom. The van der Waals surface area contributed by atoms with Crippen molar-refractivity contribution in [1.29, 1.82) is 0 Å². The highest BCUT2D eigenvalue weighted by atomic mass is 35.5. The van der Waals surface area contributed by atoms with E-state index in [1.807, 2.05) is 0 Å². The van der Waals surface area contributed by atoms with Crippen LogP contribution in [-0.2, 0) is 0 Å². The van der Waals surface area contributed by atoms with E-state index in [1.165, 1.54) is 0 Å². The summed E-state index contributed by atoms with van der Waals surface area (Å²) in [6.07, 6.45) is -2.91. The van der Waals surface area contributed by atoms with Gasteiger partial charge in [0.1, 0.15) is 0 Å². The molecular formula is C8H17Cl2F3N2. The van der Waals surface area contributed by atoms with E-state index >= 15 is 0 Å². The average Bonchev–Trinajstić information content (AvgIpc) is 2.00. The van der Waals surface area contributed by atoms with Crippen LogP contribution in [-0.4, -0.2) is 36.8 Å². The Hall–Kier alpha value is 0.290. The maximum absolute atomic E-state index is 11.8. The molecule has 1 heterocycles. The SMILES string of the molecule is Cl.Cl.NC1CCCN(CCC(F)(F)F)C1. The van der Waals surface area contributed by atoms with Crippen LogP contribution in [0.3, 0.4) is 0 Å². The monoisotopic (exact) mass is 268 g/mol. The third-order valence-electron chi connectivity index (χ3n) is 2.25. The highest BCUT2D eigenvalue weighted by molar-refractivity contribution is 5.85. The molecule has 1 aliphatic rings. The van der Waals surface area contributed by atoms with Gasteiger partial charge in [-0.1, -0.05) is 0 Å². The van der Waals surface area contributed by atoms with Gasteiger partial charge >= 0.3 is 6.18 Å². The summed E-state index contributed by atoms with van der Waals surface area (Å²) >= 11 is 0. The quantitative estimate of drug-likeness (QED) is 0.832. The highest BCUT2D eigenvalue weighted by Crippen LogP contribution is 2.20. The normalized spacial score (nSPS) is 22.8. The number of likely N-dealkylation sites (tertiary alicyclic amines) is 1. The number of alkyl halides is 3. The molecule has 1 unspecified atom stereocenters. The van der Waals surface area contributed by atoms with E-state index in [0.29, 0.717) is 6.54 Å². The number of halogens is 5. The van der Waals surface area contributed by atoms with E-state index in [9.17, 15) is 13.2 Å². The van der Waals surface area contributed by atoms with Crippen LogP contribution in [0.5, 0.6) is 0 Å². The third kappa shape index (κ3) is 8.13. The summed E-state index contributed by atoms with van der Waals surface area (Å²) in [5.41, 5.74) is 5.64. The van der Waals surface area contributed by atoms with Crippen molar-refractivity contribution in [3.05, 3.63) is 0 Å². The van der Waals surface area contributed by atoms with Crippen molar-refractivity contribution in [2.45, 2.75) is 31.5 Å². The van der Waals surface area contributed by atoms with Gasteiger partial charge in [-0.3, -0.25) is 0 Å². The number of nitrogens with two attached hydrogens (primary N) is 1. The topological polar surface area (TPSA) is 29.3 Å². The molecule has 0 spiro atoms. The first kappa shape index (κ1) is 17.7. The van der Waals surface area contributed by atoms with Gasteiger partial charge in [0.05, 0.1) is 6.42 Å². The van der Waals surface area contributed by atoms with Crippen LogP contribution in [0.2, 0.25) is 0 Å². The Morgan fingerprint density at radius 2 is 1.87 bits per heavy atom. The minimum absolute atomic E-state index is 0. The molecule has 7 heteroatoms. The highest BCUT2D eigenvalue weighted by Gasteiger charge is 2.28. The summed E-state index contributed by atoms with van der Waals surface area (Å²) in [6, 6.07) is 0.0574. The molecule has 0 aromatic carbocycles. The Labute approximate surface area is 100 Å². The first-order chi connectivity index (χ1) is 5.97. The van der Waals surface area contributed by atoms with Crippen molar-refractivity contribution in [2.24, 2.45) is 5.73 Å². The third-order valence-corrected chi connectivity index (χ3v) is 2.25. The van der Waals surface area contributed by atoms with Crippen molar-refractivity contribution < 1.29 is 13.2 Å². The molecule has 2 N–H and O–H groups in total. The zero-order chi connectivity index (χ0) is 9.90. The van der Waals surface area contributed by atoms with Crippen LogP contribution >= 0.6 is 24.8 Å². The first-order valence-electron chi connectivity index (χ1n) is 4.52. The van der Waals surface area contributed by atoms with Crippen LogP contribution in [0.25, 0.3) is 0 Å². The second kappa shape index (κ2) is 7.54. The molecule has 0 aromatic rings. The molecule has 1 aliphatic heterocycles. The fraction of sp³-hybridized carbons (Fsp3) is 1.00. The molecule has 1 saturated heterocycles. The van der Waals surface area contributed by atoms with Crippen LogP contribution in [0.15, 0.2) is 0 Å². The molecule has 1 rings (SSSR count). The van der Waals surface area contributed by atoms with Crippen molar-refractivity contribution in [2.75, 3.05) is 19.6 Å². The summed E-state index contributed by atoms with van der Waals surface area (Å²) in [5, 5.41) is 0. The van der Waals surface area contributed by atoms with Gasteiger partial charge in [-0.15, -0.1) is 24.8 Å². The maximum Gasteiger partial charge on any atom is 0.390 e. The van der Waals surface area contributed by atoms with Crippen molar-refractivity contribution in [3.8, 4) is 0 Å². The van der Waals surface area contributed by atoms with E-state index in [0.717, 1.165) is 19.4 Å². The lowest BCUT2D eigenvalue weighted by molar-refractivity contribution is -0.138. The summed E-state index contributed by atoms with van der Waals surface area (Å²) in [7, 11) is 0. The van der Waals surface area contributed by atoms with E-state index in [-0.39, 0.29) is 37.4 Å². The molecule has 1 atom stereocenters. The van der Waals surface area contributed by atoms with Crippen molar-refractivity contribution in [3.63, 3.8) is 0 Å². The minimum atomic E-state index is -4.04. The van der Waals surface area contributed by atoms with Crippen LogP contribution < -0.4 is 5.73 Å². The second-order valence-electron chi connectivity index (χ2n) is 3.57. The first-order valence-corrected chi connectivity index (χ1v) is 4.52. The fourth-order valence-electron chi connectivity index (χ4n) is 1.58. The molecule has 15 heavy (non-hydrogen) atoms. The average molecular weight is 269 g/mol. The van der Waals surface area contributed by atoms with Gasteiger partial charge in [-0.25, -0.2) is 0 Å². The number of nitrogens with zero attached hydrogens (tertiary/aromatic N) is 1. The number of hydrogen-bond acceptors (Lipinski definition) is 2. The van der Waals surface area contributed by atoms with Crippen molar-refractivity contribution >= 4 is 24.8 Å². The molecule has 2 nitrogen and oxygen atoms in total. The van der Waals surface area contributed by atoms with Gasteiger partial charge in [-0.2, -0.15) is 13.2 Å². The van der Waals surface area contributed by atoms with Crippen molar-refractivity contribution in [1.82, 2.24) is 4.90 Å². The predicted octanol–water partition coefficient (Wildman–Crippen LogP) is 2.21. The van der Waals surface area contributed by atoms with Gasteiger partial charge < -0.3 is 10.6 Å². The molecule has 0 bridgehead atoms. The molecule has 94 valence electrons. The predicted molar refractivity (Wildman–Crippen MR) is 58.8 cm³/mol. The zero-order valence-corrected chi connectivity index (χ0v) is 9.93. The molecule has 0 aromatic heterocycles. The zero-order valence-electron chi connectivity index (χ0n) is 8.29. The summed E-state index contributed by atoms with van der Waals surface area (Å²) in [6.45, 7) is 1.46. The van der Waals surface area contributed by atoms with E-state index in [4.69, 9.17) is 5.73 Å². The summed E-state index contributed by atoms with van der Waals surface area (Å²) in [5.74, 6) is 0. The van der Waals surface area contributed by atoms with Gasteiger partial charge in [0, 0.05) is 19.1 Å². The molecule has 1 fully saturated rings. The Kier molecular flexibility index (Phi) is 8.89. The van der Waals surface area contributed by atoms with Crippen LogP contribution in [0.1, 0.15) is 19.3 Å². The summed E-state index contributed by atoms with van der Waals surface area (Å²) in [4.78, 5) is 1.79. The lowest BCUT2D eigenvalue weighted by Crippen LogP contribution is -2.43. The Balaban J connectivity index is 0. The lowest BCUT2D eigenvalue weighted by Gasteiger charge is -2.30. The van der Waals surface area contributed by atoms with Gasteiger partial charge in [0.15, 0.2) is 0 Å². The maximum atomic E-state index is 11.8. The standard InChI is InChI=1S/C8H15F3N2.2ClH/c9-8(10,11)3-5-13-4-1-2-7(12)6-13;;/h7H,1-6,12H2;2*1H. The number of hydrogen-bond donors (Lipinski definition) is 1. The number of rotatable bonds is 2. The van der Waals surface area contributed by atoms with Gasteiger partial charge in [-0.05, 0) is 19.4 Å². The minimum Gasteiger partial charge on any atom is -0.327 e. The largest absolute Gasteiger partial charge is 0.390 e. The summed E-state index contributed by atoms with van der Waals surface area (Å²) < 4.78 is 35.5. The van der Waals surface area contributed by atoms with Crippen LogP contribution in [0.4, 0.5) is 13.2 Å². The Morgan fingerprint density at radius 1 is 1.27 bits per heavy atom. The lowest BCUT2D eigenvalue weighted by atomic mass is 10.1. The van der Waals surface area contributed by atoms with Gasteiger partial charge in [0.2, 0.25) is 0 Å². The van der Waals surface area contributed by atoms with Gasteiger partial charge in [0.25, 0.3) is 0 Å². The molecular weight excluding hydrogens is 252 g/mol. The molecule has 0 saturated carbocycles. The molecule has 0 amide bonds. The van der Waals surface area contributed by atoms with E-state index in [1.54, 1.807) is 4.90 Å². The van der Waals surface area contributed by atoms with E-state index in [2.05, 4.69) is 0 Å². The van der Waals surface area contributed by atoms with Crippen LogP contribution in [0, 0.1) is 0 Å². The fourth-order valence-corrected chi connectivity index (χ4v) is 1.58. The smallest absolute Gasteiger partial charge is 0.327 e. The second-order valence-corrected chi connectivity index (χ2v) is 3.57.